The average Bonchev–Trinajstić information content (AvgIpc) is 1.69. The Labute approximate surface area is 54.5 Å². The maximum absolute atomic E-state index is 7.04. The van der Waals surface area contributed by atoms with Crippen molar-refractivity contribution in [3.8, 4) is 0 Å². The lowest BCUT2D eigenvalue weighted by Gasteiger charge is -1.86. The summed E-state index contributed by atoms with van der Waals surface area (Å²) in [5.41, 5.74) is 0.949. The molecule has 0 nitrogen and oxygen atoms in total. The standard InChI is InChI=1S/C6H9Br/c1-3-6(4-2)5-7/h3-4H,1,5H2,2H3/b6-4+/i3D. The van der Waals surface area contributed by atoms with Crippen molar-refractivity contribution in [3.63, 3.8) is 0 Å². The topological polar surface area (TPSA) is 0 Å². The highest BCUT2D eigenvalue weighted by Crippen LogP contribution is 1.98. The van der Waals surface area contributed by atoms with Gasteiger partial charge in [0.2, 0.25) is 0 Å². The molecular weight excluding hydrogens is 152 g/mol. The molecule has 1 heteroatoms. The quantitative estimate of drug-likeness (QED) is 0.432. The fraction of sp³-hybridized carbons (Fsp3) is 0.333. The summed E-state index contributed by atoms with van der Waals surface area (Å²) in [5.74, 6) is 0. The van der Waals surface area contributed by atoms with Crippen LogP contribution in [0.5, 0.6) is 0 Å². The molecule has 0 unspecified atom stereocenters. The van der Waals surface area contributed by atoms with Crippen LogP contribution < -0.4 is 0 Å². The van der Waals surface area contributed by atoms with Gasteiger partial charge in [-0.3, -0.25) is 0 Å². The zero-order valence-electron chi connectivity index (χ0n) is 5.37. The molecule has 0 fully saturated rings. The number of halogens is 1. The Bertz CT molecular complexity index is 116. The number of alkyl halides is 1. The number of hydrogen-bond donors (Lipinski definition) is 0. The molecule has 0 aromatic rings. The van der Waals surface area contributed by atoms with Gasteiger partial charge in [0.25, 0.3) is 0 Å². The van der Waals surface area contributed by atoms with Gasteiger partial charge in [0.05, 0.1) is 1.37 Å². The summed E-state index contributed by atoms with van der Waals surface area (Å²) in [6.45, 7) is 5.36. The van der Waals surface area contributed by atoms with Crippen molar-refractivity contribution in [2.24, 2.45) is 0 Å². The Hall–Kier alpha value is -0.0400. The lowest BCUT2D eigenvalue weighted by molar-refractivity contribution is 1.52. The predicted octanol–water partition coefficient (Wildman–Crippen LogP) is 2.51. The molecule has 0 bridgehead atoms. The third-order valence-corrected chi connectivity index (χ3v) is 1.32. The second-order valence-corrected chi connectivity index (χ2v) is 1.69. The highest BCUT2D eigenvalue weighted by atomic mass is 79.9. The van der Waals surface area contributed by atoms with Gasteiger partial charge in [0.15, 0.2) is 0 Å². The number of rotatable bonds is 2. The van der Waals surface area contributed by atoms with Crippen molar-refractivity contribution in [2.45, 2.75) is 6.92 Å². The molecule has 0 saturated heterocycles. The van der Waals surface area contributed by atoms with E-state index in [9.17, 15) is 0 Å². The van der Waals surface area contributed by atoms with Crippen LogP contribution in [-0.2, 0) is 0 Å². The van der Waals surface area contributed by atoms with E-state index < -0.39 is 0 Å². The molecule has 0 aromatic heterocycles. The van der Waals surface area contributed by atoms with Crippen LogP contribution in [0.15, 0.2) is 24.3 Å². The van der Waals surface area contributed by atoms with E-state index >= 15 is 0 Å². The van der Waals surface area contributed by atoms with E-state index in [-0.39, 0.29) is 0 Å². The third-order valence-electron chi connectivity index (χ3n) is 0.719. The van der Waals surface area contributed by atoms with Crippen LogP contribution in [0.4, 0.5) is 0 Å². The molecule has 0 rings (SSSR count). The average molecular weight is 162 g/mol. The fourth-order valence-electron chi connectivity index (χ4n) is 0.226. The molecule has 0 aliphatic heterocycles. The zero-order valence-corrected chi connectivity index (χ0v) is 5.96. The summed E-state index contributed by atoms with van der Waals surface area (Å²) in [6.07, 6.45) is 1.88. The van der Waals surface area contributed by atoms with Crippen LogP contribution in [0.25, 0.3) is 0 Å². The molecule has 0 atom stereocenters. The lowest BCUT2D eigenvalue weighted by Crippen LogP contribution is -1.72. The minimum absolute atomic E-state index is 0.393. The molecule has 0 amide bonds. The molecule has 0 heterocycles. The summed E-state index contributed by atoms with van der Waals surface area (Å²) in [5, 5.41) is 0.728. The first-order valence-corrected chi connectivity index (χ1v) is 3.21. The van der Waals surface area contributed by atoms with Crippen LogP contribution in [0.2, 0.25) is 0 Å². The maximum atomic E-state index is 7.04. The Balaban J connectivity index is 3.92. The van der Waals surface area contributed by atoms with Crippen molar-refractivity contribution < 1.29 is 1.37 Å². The Morgan fingerprint density at radius 3 is 2.71 bits per heavy atom. The molecule has 0 aliphatic carbocycles. The smallest absolute Gasteiger partial charge is 0.0620 e. The van der Waals surface area contributed by atoms with Gasteiger partial charge in [0.1, 0.15) is 0 Å². The van der Waals surface area contributed by atoms with Crippen molar-refractivity contribution in [1.82, 2.24) is 0 Å². The second-order valence-electron chi connectivity index (χ2n) is 1.12. The normalized spacial score (nSPS) is 13.4. The van der Waals surface area contributed by atoms with Crippen LogP contribution in [0, 0.1) is 0 Å². The fourth-order valence-corrected chi connectivity index (χ4v) is 0.748. The summed E-state index contributed by atoms with van der Waals surface area (Å²) >= 11 is 3.23. The Kier molecular flexibility index (Phi) is 3.01. The maximum Gasteiger partial charge on any atom is 0.0620 e. The first-order valence-electron chi connectivity index (χ1n) is 2.59. The SMILES string of the molecule is [2H]C(=C)/C(=C\C)CBr. The monoisotopic (exact) mass is 161 g/mol. The van der Waals surface area contributed by atoms with E-state index in [4.69, 9.17) is 1.37 Å². The minimum atomic E-state index is 0.393. The molecule has 0 saturated carbocycles. The molecular formula is C6H9Br. The summed E-state index contributed by atoms with van der Waals surface area (Å²) in [6, 6.07) is 0.393. The van der Waals surface area contributed by atoms with Crippen molar-refractivity contribution in [3.05, 3.63) is 24.3 Å². The van der Waals surface area contributed by atoms with Gasteiger partial charge >= 0.3 is 0 Å². The van der Waals surface area contributed by atoms with Crippen molar-refractivity contribution in [2.75, 3.05) is 5.33 Å². The van der Waals surface area contributed by atoms with Crippen molar-refractivity contribution in [1.29, 1.82) is 0 Å². The van der Waals surface area contributed by atoms with Crippen LogP contribution in [-0.4, -0.2) is 5.33 Å². The molecule has 0 aromatic carbocycles. The molecule has 0 spiro atoms. The summed E-state index contributed by atoms with van der Waals surface area (Å²) in [4.78, 5) is 0. The van der Waals surface area contributed by atoms with E-state index in [2.05, 4.69) is 22.5 Å². The van der Waals surface area contributed by atoms with Crippen LogP contribution in [0.3, 0.4) is 0 Å². The van der Waals surface area contributed by atoms with E-state index in [1.54, 1.807) is 0 Å². The van der Waals surface area contributed by atoms with Gasteiger partial charge in [-0.1, -0.05) is 34.6 Å². The highest BCUT2D eigenvalue weighted by Gasteiger charge is 1.79. The van der Waals surface area contributed by atoms with Gasteiger partial charge in [-0.05, 0) is 12.5 Å². The van der Waals surface area contributed by atoms with Gasteiger partial charge in [-0.2, -0.15) is 0 Å². The van der Waals surface area contributed by atoms with Gasteiger partial charge < -0.3 is 0 Å². The van der Waals surface area contributed by atoms with Gasteiger partial charge in [0, 0.05) is 5.33 Å². The highest BCUT2D eigenvalue weighted by molar-refractivity contribution is 9.09. The largest absolute Gasteiger partial charge is 0.0988 e. The van der Waals surface area contributed by atoms with Crippen molar-refractivity contribution >= 4 is 15.9 Å². The molecule has 0 aliphatic rings. The third kappa shape index (κ3) is 2.63. The lowest BCUT2D eigenvalue weighted by atomic mass is 10.3. The first-order chi connectivity index (χ1) is 3.72. The van der Waals surface area contributed by atoms with Crippen LogP contribution in [0.1, 0.15) is 8.29 Å². The summed E-state index contributed by atoms with van der Waals surface area (Å²) in [7, 11) is 0. The molecule has 7 heavy (non-hydrogen) atoms. The number of allylic oxidation sites excluding steroid dienone is 3. The van der Waals surface area contributed by atoms with E-state index in [0.29, 0.717) is 6.05 Å². The first kappa shape index (κ1) is 5.10. The zero-order chi connectivity index (χ0) is 6.57. The van der Waals surface area contributed by atoms with Crippen LogP contribution >= 0.6 is 15.9 Å². The summed E-state index contributed by atoms with van der Waals surface area (Å²) < 4.78 is 7.04. The molecule has 40 valence electrons. The number of hydrogen-bond acceptors (Lipinski definition) is 0. The molecule has 0 radical (unpaired) electrons. The Morgan fingerprint density at radius 2 is 2.71 bits per heavy atom. The van der Waals surface area contributed by atoms with Gasteiger partial charge in [-0.25, -0.2) is 0 Å². The predicted molar refractivity (Wildman–Crippen MR) is 37.7 cm³/mol. The van der Waals surface area contributed by atoms with E-state index in [1.165, 1.54) is 0 Å². The second kappa shape index (κ2) is 4.13. The van der Waals surface area contributed by atoms with E-state index in [1.807, 2.05) is 13.0 Å². The minimum Gasteiger partial charge on any atom is -0.0988 e. The van der Waals surface area contributed by atoms with E-state index in [0.717, 1.165) is 10.9 Å². The Morgan fingerprint density at radius 1 is 2.14 bits per heavy atom. The molecule has 0 N–H and O–H groups in total. The van der Waals surface area contributed by atoms with Gasteiger partial charge in [-0.15, -0.1) is 0 Å².